The molecule has 1 amide bonds. The Hall–Kier alpha value is -2.64. The van der Waals surface area contributed by atoms with E-state index < -0.39 is 27.7 Å². The predicted molar refractivity (Wildman–Crippen MR) is 126 cm³/mol. The van der Waals surface area contributed by atoms with E-state index in [1.54, 1.807) is 6.07 Å². The zero-order valence-electron chi connectivity index (χ0n) is 16.7. The minimum Gasteiger partial charge on any atom is -0.457 e. The van der Waals surface area contributed by atoms with Crippen molar-refractivity contribution >= 4 is 61.9 Å². The number of nitrogens with one attached hydrogen (secondary N) is 1. The van der Waals surface area contributed by atoms with E-state index in [-0.39, 0.29) is 36.2 Å². The van der Waals surface area contributed by atoms with Gasteiger partial charge in [0.15, 0.2) is 4.32 Å². The van der Waals surface area contributed by atoms with Crippen molar-refractivity contribution in [3.05, 3.63) is 81.9 Å². The van der Waals surface area contributed by atoms with Crippen molar-refractivity contribution in [1.82, 2.24) is 9.84 Å². The van der Waals surface area contributed by atoms with E-state index in [1.807, 2.05) is 0 Å². The molecule has 176 valence electrons. The predicted octanol–water partition coefficient (Wildman–Crippen LogP) is 5.71. The van der Waals surface area contributed by atoms with E-state index in [9.17, 15) is 26.4 Å². The molecule has 2 aromatic carbocycles. The SMILES string of the molecule is O=C1/C(=C\c2ccc(-c3cc(C(F)(F)F)ccc3Cl)o2)SC(=S)N1NS(=O)(=O)c1ccccc1. The van der Waals surface area contributed by atoms with E-state index in [1.165, 1.54) is 42.5 Å². The molecule has 0 radical (unpaired) electrons. The van der Waals surface area contributed by atoms with Gasteiger partial charge in [0.05, 0.1) is 20.4 Å². The van der Waals surface area contributed by atoms with Gasteiger partial charge in [0.25, 0.3) is 15.9 Å². The fraction of sp³-hybridized carbons (Fsp3) is 0.0476. The van der Waals surface area contributed by atoms with Gasteiger partial charge in [-0.05, 0) is 42.5 Å². The van der Waals surface area contributed by atoms with E-state index in [4.69, 9.17) is 28.2 Å². The third-order valence-corrected chi connectivity index (χ3v) is 7.47. The van der Waals surface area contributed by atoms with E-state index in [0.29, 0.717) is 0 Å². The second-order valence-electron chi connectivity index (χ2n) is 6.82. The highest BCUT2D eigenvalue weighted by atomic mass is 35.5. The Morgan fingerprint density at radius 1 is 1.09 bits per heavy atom. The van der Waals surface area contributed by atoms with Gasteiger partial charge < -0.3 is 4.42 Å². The molecule has 2 heterocycles. The molecule has 6 nitrogen and oxygen atoms in total. The molecule has 34 heavy (non-hydrogen) atoms. The van der Waals surface area contributed by atoms with E-state index >= 15 is 0 Å². The van der Waals surface area contributed by atoms with Crippen LogP contribution in [-0.4, -0.2) is 23.7 Å². The highest BCUT2D eigenvalue weighted by molar-refractivity contribution is 8.26. The second-order valence-corrected chi connectivity index (χ2v) is 10.6. The lowest BCUT2D eigenvalue weighted by atomic mass is 10.1. The van der Waals surface area contributed by atoms with Gasteiger partial charge in [-0.15, -0.1) is 4.83 Å². The zero-order valence-corrected chi connectivity index (χ0v) is 19.9. The number of sulfonamides is 1. The Morgan fingerprint density at radius 2 is 1.79 bits per heavy atom. The molecule has 1 aliphatic heterocycles. The number of thiocarbonyl (C=S) groups is 1. The van der Waals surface area contributed by atoms with Crippen molar-refractivity contribution in [1.29, 1.82) is 0 Å². The first-order chi connectivity index (χ1) is 16.0. The van der Waals surface area contributed by atoms with E-state index in [2.05, 4.69) is 4.83 Å². The van der Waals surface area contributed by atoms with Crippen LogP contribution in [0.4, 0.5) is 13.2 Å². The van der Waals surface area contributed by atoms with Crippen LogP contribution in [0, 0.1) is 0 Å². The number of hydrogen-bond acceptors (Lipinski definition) is 6. The Balaban J connectivity index is 1.58. The number of hydrogen-bond donors (Lipinski definition) is 1. The number of benzene rings is 2. The average molecular weight is 545 g/mol. The standard InChI is InChI=1S/C21H12ClF3N2O4S3/c22-16-8-6-12(21(23,24)25)10-15(16)17-9-7-13(31-17)11-18-19(28)27(20(32)33-18)26-34(29,30)14-4-2-1-3-5-14/h1-11,26H/b18-11+. The molecule has 1 saturated heterocycles. The third-order valence-electron chi connectivity index (χ3n) is 4.52. The summed E-state index contributed by atoms with van der Waals surface area (Å²) < 4.78 is 69.7. The highest BCUT2D eigenvalue weighted by Gasteiger charge is 2.36. The number of alkyl halides is 3. The van der Waals surface area contributed by atoms with Crippen LogP contribution in [0.5, 0.6) is 0 Å². The topological polar surface area (TPSA) is 79.6 Å². The Labute approximate surface area is 206 Å². The highest BCUT2D eigenvalue weighted by Crippen LogP contribution is 2.38. The lowest BCUT2D eigenvalue weighted by Gasteiger charge is -2.15. The molecule has 1 aliphatic rings. The summed E-state index contributed by atoms with van der Waals surface area (Å²) >= 11 is 12.0. The van der Waals surface area contributed by atoms with Crippen LogP contribution in [0.15, 0.2) is 74.9 Å². The smallest absolute Gasteiger partial charge is 0.416 e. The number of furan rings is 1. The van der Waals surface area contributed by atoms with Crippen molar-refractivity contribution in [2.45, 2.75) is 11.1 Å². The maximum atomic E-state index is 13.0. The summed E-state index contributed by atoms with van der Waals surface area (Å²) in [5, 5.41) is 0.775. The number of carbonyl (C=O) groups excluding carboxylic acids is 1. The molecular weight excluding hydrogens is 533 g/mol. The Morgan fingerprint density at radius 3 is 2.47 bits per heavy atom. The van der Waals surface area contributed by atoms with Crippen molar-refractivity contribution in [2.75, 3.05) is 0 Å². The third kappa shape index (κ3) is 5.05. The summed E-state index contributed by atoms with van der Waals surface area (Å²) in [5.41, 5.74) is -0.865. The van der Waals surface area contributed by atoms with Crippen molar-refractivity contribution in [2.24, 2.45) is 0 Å². The minimum absolute atomic E-state index is 0.0271. The number of hydrazine groups is 1. The van der Waals surface area contributed by atoms with Gasteiger partial charge in [-0.3, -0.25) is 4.79 Å². The fourth-order valence-electron chi connectivity index (χ4n) is 2.91. The molecule has 0 saturated carbocycles. The lowest BCUT2D eigenvalue weighted by molar-refractivity contribution is -0.137. The van der Waals surface area contributed by atoms with E-state index in [0.717, 1.165) is 35.0 Å². The second kappa shape index (κ2) is 9.19. The quantitative estimate of drug-likeness (QED) is 0.327. The summed E-state index contributed by atoms with van der Waals surface area (Å²) in [6, 6.07) is 13.1. The van der Waals surface area contributed by atoms with Crippen LogP contribution in [0.3, 0.4) is 0 Å². The number of nitrogens with zero attached hydrogens (tertiary/aromatic N) is 1. The summed E-state index contributed by atoms with van der Waals surface area (Å²) in [7, 11) is -4.06. The molecule has 0 spiro atoms. The molecule has 13 heteroatoms. The largest absolute Gasteiger partial charge is 0.457 e. The maximum Gasteiger partial charge on any atom is 0.416 e. The van der Waals surface area contributed by atoms with Crippen LogP contribution >= 0.6 is 35.6 Å². The molecule has 1 fully saturated rings. The number of rotatable bonds is 5. The summed E-state index contributed by atoms with van der Waals surface area (Å²) in [6.07, 6.45) is -3.25. The van der Waals surface area contributed by atoms with Crippen molar-refractivity contribution in [3.8, 4) is 11.3 Å². The average Bonchev–Trinajstić information content (AvgIpc) is 3.34. The first kappa shape index (κ1) is 24.5. The molecule has 0 bridgehead atoms. The molecule has 0 aliphatic carbocycles. The van der Waals surface area contributed by atoms with Crippen LogP contribution < -0.4 is 4.83 Å². The zero-order chi connectivity index (χ0) is 24.7. The van der Waals surface area contributed by atoms with Gasteiger partial charge in [-0.2, -0.15) is 13.2 Å². The van der Waals surface area contributed by atoms with Gasteiger partial charge in [-0.1, -0.05) is 53.8 Å². The molecular formula is C21H12ClF3N2O4S3. The van der Waals surface area contributed by atoms with Gasteiger partial charge in [0.1, 0.15) is 11.5 Å². The first-order valence-corrected chi connectivity index (χ1v) is 12.4. The van der Waals surface area contributed by atoms with Crippen molar-refractivity contribution < 1.29 is 30.8 Å². The van der Waals surface area contributed by atoms with Gasteiger partial charge in [-0.25, -0.2) is 13.4 Å². The van der Waals surface area contributed by atoms with Crippen LogP contribution in [0.2, 0.25) is 5.02 Å². The normalized spacial score (nSPS) is 16.0. The van der Waals surface area contributed by atoms with Crippen LogP contribution in [0.25, 0.3) is 17.4 Å². The fourth-order valence-corrected chi connectivity index (χ4v) is 5.43. The first-order valence-electron chi connectivity index (χ1n) is 9.28. The van der Waals surface area contributed by atoms with Crippen LogP contribution in [0.1, 0.15) is 11.3 Å². The number of thioether (sulfide) groups is 1. The molecule has 0 unspecified atom stereocenters. The monoisotopic (exact) mass is 544 g/mol. The Kier molecular flexibility index (Phi) is 6.62. The van der Waals surface area contributed by atoms with Gasteiger partial charge in [0, 0.05) is 11.6 Å². The van der Waals surface area contributed by atoms with Crippen LogP contribution in [-0.2, 0) is 21.0 Å². The molecule has 0 atom stereocenters. The summed E-state index contributed by atoms with van der Waals surface area (Å²) in [4.78, 5) is 14.9. The number of amides is 1. The summed E-state index contributed by atoms with van der Waals surface area (Å²) in [5.74, 6) is -0.540. The Bertz CT molecular complexity index is 1420. The lowest BCUT2D eigenvalue weighted by Crippen LogP contribution is -2.44. The molecule has 4 rings (SSSR count). The van der Waals surface area contributed by atoms with Crippen molar-refractivity contribution in [3.63, 3.8) is 0 Å². The minimum atomic E-state index is -4.56. The molecule has 1 N–H and O–H groups in total. The molecule has 3 aromatic rings. The number of carbonyl (C=O) groups is 1. The number of halogens is 4. The molecule has 1 aromatic heterocycles. The summed E-state index contributed by atoms with van der Waals surface area (Å²) in [6.45, 7) is 0. The van der Waals surface area contributed by atoms with Gasteiger partial charge >= 0.3 is 6.18 Å². The van der Waals surface area contributed by atoms with Gasteiger partial charge in [0.2, 0.25) is 0 Å². The maximum absolute atomic E-state index is 13.0.